The number of hydrogen-bond acceptors (Lipinski definition) is 6. The van der Waals surface area contributed by atoms with Crippen LogP contribution in [0.2, 0.25) is 0 Å². The molecular weight excluding hydrogens is 488 g/mol. The quantitative estimate of drug-likeness (QED) is 0.482. The largest absolute Gasteiger partial charge is 0.381 e. The molecule has 0 spiro atoms. The summed E-state index contributed by atoms with van der Waals surface area (Å²) in [5, 5.41) is 6.87. The fourth-order valence-corrected chi connectivity index (χ4v) is 6.32. The molecule has 0 unspecified atom stereocenters. The van der Waals surface area contributed by atoms with E-state index in [1.807, 2.05) is 48.4 Å². The Kier molecular flexibility index (Phi) is 7.71. The van der Waals surface area contributed by atoms with E-state index in [9.17, 15) is 14.4 Å². The summed E-state index contributed by atoms with van der Waals surface area (Å²) in [7, 11) is 0. The summed E-state index contributed by atoms with van der Waals surface area (Å²) in [6, 6.07) is 8.59. The van der Waals surface area contributed by atoms with Gasteiger partial charge in [0.15, 0.2) is 0 Å². The number of ether oxygens (including phenoxy) is 1. The van der Waals surface area contributed by atoms with Crippen LogP contribution in [0.3, 0.4) is 0 Å². The lowest BCUT2D eigenvalue weighted by molar-refractivity contribution is -0.140. The number of carbonyl (C=O) groups is 2. The standard InChI is InChI=1S/C28H34N4O4S/c1-3-17(2)26(34)31-25(18-10-13-36-14-11-18)28(35)32-12-6-9-23(32)27-30-22(16-37-27)20-15-24(33)29-21-8-5-4-7-19(20)21/h4-5,7-8,15-18,23,25H,3,6,9-14H2,1-2H3,(H,29,33)(H,31,34)/t17-,23+,25+/m1/s1. The zero-order valence-corrected chi connectivity index (χ0v) is 22.2. The van der Waals surface area contributed by atoms with Gasteiger partial charge in [-0.05, 0) is 44.1 Å². The zero-order valence-electron chi connectivity index (χ0n) is 21.4. The second-order valence-electron chi connectivity index (χ2n) is 10.1. The van der Waals surface area contributed by atoms with E-state index in [0.717, 1.165) is 59.3 Å². The third-order valence-corrected chi connectivity index (χ3v) is 8.68. The highest BCUT2D eigenvalue weighted by Gasteiger charge is 2.40. The Hall–Kier alpha value is -3.04. The van der Waals surface area contributed by atoms with Gasteiger partial charge in [-0.1, -0.05) is 32.0 Å². The molecule has 2 aliphatic rings. The molecule has 1 aromatic carbocycles. The molecular formula is C28H34N4O4S. The second kappa shape index (κ2) is 11.1. The lowest BCUT2D eigenvalue weighted by atomic mass is 9.90. The number of hydrogen-bond donors (Lipinski definition) is 2. The number of likely N-dealkylation sites (tertiary alicyclic amines) is 1. The Morgan fingerprint density at radius 1 is 1.24 bits per heavy atom. The minimum Gasteiger partial charge on any atom is -0.381 e. The third-order valence-electron chi connectivity index (χ3n) is 7.73. The van der Waals surface area contributed by atoms with E-state index >= 15 is 0 Å². The lowest BCUT2D eigenvalue weighted by Gasteiger charge is -2.35. The number of nitrogens with one attached hydrogen (secondary N) is 2. The third kappa shape index (κ3) is 5.33. The van der Waals surface area contributed by atoms with E-state index in [-0.39, 0.29) is 35.3 Å². The van der Waals surface area contributed by atoms with Crippen LogP contribution in [0.5, 0.6) is 0 Å². The van der Waals surface area contributed by atoms with Crippen LogP contribution < -0.4 is 10.9 Å². The van der Waals surface area contributed by atoms with Gasteiger partial charge in [0, 0.05) is 53.6 Å². The number of H-pyrrole nitrogens is 1. The van der Waals surface area contributed by atoms with E-state index < -0.39 is 6.04 Å². The molecule has 196 valence electrons. The molecule has 5 rings (SSSR count). The van der Waals surface area contributed by atoms with Crippen LogP contribution in [0.4, 0.5) is 0 Å². The van der Waals surface area contributed by atoms with Gasteiger partial charge in [0.1, 0.15) is 11.0 Å². The Balaban J connectivity index is 1.42. The van der Waals surface area contributed by atoms with Gasteiger partial charge in [0.05, 0.1) is 11.7 Å². The number of benzene rings is 1. The molecule has 0 saturated carbocycles. The van der Waals surface area contributed by atoms with Crippen molar-refractivity contribution in [3.63, 3.8) is 0 Å². The lowest BCUT2D eigenvalue weighted by Crippen LogP contribution is -2.54. The molecule has 3 atom stereocenters. The van der Waals surface area contributed by atoms with Crippen molar-refractivity contribution in [1.29, 1.82) is 0 Å². The summed E-state index contributed by atoms with van der Waals surface area (Å²) in [6.45, 7) is 5.74. The van der Waals surface area contributed by atoms with Gasteiger partial charge in [-0.15, -0.1) is 11.3 Å². The van der Waals surface area contributed by atoms with Crippen LogP contribution in [0.15, 0.2) is 40.5 Å². The van der Waals surface area contributed by atoms with Crippen molar-refractivity contribution >= 4 is 34.1 Å². The van der Waals surface area contributed by atoms with Crippen molar-refractivity contribution in [2.45, 2.75) is 58.0 Å². The van der Waals surface area contributed by atoms with E-state index in [0.29, 0.717) is 19.8 Å². The van der Waals surface area contributed by atoms with Crippen molar-refractivity contribution in [3.05, 3.63) is 51.1 Å². The number of aromatic nitrogens is 2. The van der Waals surface area contributed by atoms with Crippen LogP contribution in [-0.2, 0) is 14.3 Å². The molecule has 0 aliphatic carbocycles. The number of thiazole rings is 1. The number of pyridine rings is 1. The first-order valence-electron chi connectivity index (χ1n) is 13.2. The Labute approximate surface area is 220 Å². The van der Waals surface area contributed by atoms with E-state index in [2.05, 4.69) is 10.3 Å². The molecule has 2 amide bonds. The summed E-state index contributed by atoms with van der Waals surface area (Å²) in [6.07, 6.45) is 3.96. The fraction of sp³-hybridized carbons (Fsp3) is 0.500. The highest BCUT2D eigenvalue weighted by molar-refractivity contribution is 7.10. The summed E-state index contributed by atoms with van der Waals surface area (Å²) in [5.74, 6) is -0.176. The summed E-state index contributed by atoms with van der Waals surface area (Å²) in [4.78, 5) is 48.8. The maximum Gasteiger partial charge on any atom is 0.249 e. The van der Waals surface area contributed by atoms with Gasteiger partial charge in [-0.25, -0.2) is 4.98 Å². The van der Waals surface area contributed by atoms with Crippen LogP contribution in [-0.4, -0.2) is 52.5 Å². The van der Waals surface area contributed by atoms with Crippen molar-refractivity contribution in [2.75, 3.05) is 19.8 Å². The maximum absolute atomic E-state index is 14.0. The molecule has 2 fully saturated rings. The average molecular weight is 523 g/mol. The maximum atomic E-state index is 14.0. The van der Waals surface area contributed by atoms with E-state index in [1.165, 1.54) is 11.3 Å². The molecule has 4 heterocycles. The molecule has 2 aliphatic heterocycles. The van der Waals surface area contributed by atoms with Gasteiger partial charge in [0.2, 0.25) is 17.4 Å². The SMILES string of the molecule is CC[C@@H](C)C(=O)N[C@H](C(=O)N1CCC[C@H]1c1nc(-c2cc(=O)[nH]c3ccccc23)cs1)C1CCOCC1. The van der Waals surface area contributed by atoms with E-state index in [4.69, 9.17) is 9.72 Å². The molecule has 0 radical (unpaired) electrons. The van der Waals surface area contributed by atoms with Crippen molar-refractivity contribution in [3.8, 4) is 11.3 Å². The first-order valence-corrected chi connectivity index (χ1v) is 14.1. The fourth-order valence-electron chi connectivity index (χ4n) is 5.36. The Bertz CT molecular complexity index is 1330. The molecule has 0 bridgehead atoms. The molecule has 8 nitrogen and oxygen atoms in total. The molecule has 3 aromatic rings. The average Bonchev–Trinajstić information content (AvgIpc) is 3.61. The van der Waals surface area contributed by atoms with Crippen molar-refractivity contribution in [1.82, 2.24) is 20.2 Å². The first kappa shape index (κ1) is 25.6. The summed E-state index contributed by atoms with van der Waals surface area (Å²) >= 11 is 1.52. The number of fused-ring (bicyclic) bond motifs is 1. The topological polar surface area (TPSA) is 104 Å². The molecule has 2 N–H and O–H groups in total. The summed E-state index contributed by atoms with van der Waals surface area (Å²) < 4.78 is 5.53. The molecule has 2 aromatic heterocycles. The second-order valence-corrected chi connectivity index (χ2v) is 11.0. The predicted octanol–water partition coefficient (Wildman–Crippen LogP) is 4.27. The van der Waals surface area contributed by atoms with Gasteiger partial charge in [0.25, 0.3) is 0 Å². The van der Waals surface area contributed by atoms with Crippen LogP contribution in [0.1, 0.15) is 57.0 Å². The number of amides is 2. The van der Waals surface area contributed by atoms with Gasteiger partial charge in [-0.3, -0.25) is 14.4 Å². The zero-order chi connectivity index (χ0) is 25.9. The van der Waals surface area contributed by atoms with Crippen LogP contribution in [0.25, 0.3) is 22.2 Å². The smallest absolute Gasteiger partial charge is 0.249 e. The minimum atomic E-state index is -0.554. The Morgan fingerprint density at radius 2 is 2.03 bits per heavy atom. The highest BCUT2D eigenvalue weighted by Crippen LogP contribution is 2.37. The van der Waals surface area contributed by atoms with Crippen molar-refractivity contribution in [2.24, 2.45) is 11.8 Å². The first-order chi connectivity index (χ1) is 18.0. The molecule has 37 heavy (non-hydrogen) atoms. The number of aromatic amines is 1. The Morgan fingerprint density at radius 3 is 2.81 bits per heavy atom. The highest BCUT2D eigenvalue weighted by atomic mass is 32.1. The van der Waals surface area contributed by atoms with E-state index in [1.54, 1.807) is 6.07 Å². The molecule has 2 saturated heterocycles. The van der Waals surface area contributed by atoms with Gasteiger partial charge < -0.3 is 19.9 Å². The number of para-hydroxylation sites is 1. The monoisotopic (exact) mass is 522 g/mol. The van der Waals surface area contributed by atoms with Crippen LogP contribution >= 0.6 is 11.3 Å². The van der Waals surface area contributed by atoms with Gasteiger partial charge in [-0.2, -0.15) is 0 Å². The van der Waals surface area contributed by atoms with Crippen LogP contribution in [0, 0.1) is 11.8 Å². The predicted molar refractivity (Wildman–Crippen MR) is 144 cm³/mol. The number of nitrogens with zero attached hydrogens (tertiary/aromatic N) is 2. The summed E-state index contributed by atoms with van der Waals surface area (Å²) in [5.41, 5.74) is 2.14. The minimum absolute atomic E-state index is 0.0237. The normalized spacial score (nSPS) is 20.2. The number of rotatable bonds is 7. The molecule has 9 heteroatoms. The van der Waals surface area contributed by atoms with Gasteiger partial charge >= 0.3 is 0 Å². The van der Waals surface area contributed by atoms with Crippen molar-refractivity contribution < 1.29 is 14.3 Å². The number of carbonyl (C=O) groups excluding carboxylic acids is 2.